The SMILES string of the molecule is CCc1ccnc(-c2[c-]cc([Si](C)(C)C)c3c2oc2ccccc23)c1.Cc1cnc(-c2[c-]cccc2)cc1C.[Ir]. The quantitative estimate of drug-likeness (QED) is 0.135. The fourth-order valence-corrected chi connectivity index (χ4v) is 6.21. The van der Waals surface area contributed by atoms with Crippen LogP contribution in [-0.4, -0.2) is 18.0 Å². The van der Waals surface area contributed by atoms with Gasteiger partial charge in [-0.25, -0.2) is 0 Å². The van der Waals surface area contributed by atoms with Gasteiger partial charge in [0.15, 0.2) is 0 Å². The second kappa shape index (κ2) is 12.4. The molecule has 5 heteroatoms. The van der Waals surface area contributed by atoms with Gasteiger partial charge in [-0.3, -0.25) is 0 Å². The summed E-state index contributed by atoms with van der Waals surface area (Å²) in [6.07, 6.45) is 4.78. The van der Waals surface area contributed by atoms with Crippen molar-refractivity contribution in [2.24, 2.45) is 0 Å². The first-order chi connectivity index (χ1) is 18.8. The number of hydrogen-bond acceptors (Lipinski definition) is 3. The van der Waals surface area contributed by atoms with Crippen molar-refractivity contribution in [3.63, 3.8) is 0 Å². The van der Waals surface area contributed by atoms with Gasteiger partial charge in [-0.15, -0.1) is 53.2 Å². The van der Waals surface area contributed by atoms with Crippen molar-refractivity contribution in [2.45, 2.75) is 46.8 Å². The van der Waals surface area contributed by atoms with Gasteiger partial charge in [-0.2, -0.15) is 0 Å². The Balaban J connectivity index is 0.000000210. The fourth-order valence-electron chi connectivity index (χ4n) is 4.71. The van der Waals surface area contributed by atoms with Gasteiger partial charge in [0.25, 0.3) is 0 Å². The van der Waals surface area contributed by atoms with Gasteiger partial charge < -0.3 is 14.4 Å². The van der Waals surface area contributed by atoms with E-state index in [1.54, 1.807) is 0 Å². The summed E-state index contributed by atoms with van der Waals surface area (Å²) in [6, 6.07) is 31.4. The number of para-hydroxylation sites is 1. The summed E-state index contributed by atoms with van der Waals surface area (Å²) in [5, 5.41) is 3.83. The third-order valence-electron chi connectivity index (χ3n) is 7.11. The van der Waals surface area contributed by atoms with Crippen LogP contribution in [0.5, 0.6) is 0 Å². The number of hydrogen-bond donors (Lipinski definition) is 0. The molecule has 0 fully saturated rings. The fraction of sp³-hybridized carbons (Fsp3) is 0.200. The molecule has 6 rings (SSSR count). The Morgan fingerprint density at radius 2 is 1.62 bits per heavy atom. The van der Waals surface area contributed by atoms with Crippen LogP contribution in [0.3, 0.4) is 0 Å². The van der Waals surface area contributed by atoms with E-state index in [4.69, 9.17) is 4.42 Å². The molecule has 0 saturated heterocycles. The average Bonchev–Trinajstić information content (AvgIpc) is 3.34. The smallest absolute Gasteiger partial charge is 0.120 e. The minimum atomic E-state index is -1.53. The Kier molecular flexibility index (Phi) is 9.20. The van der Waals surface area contributed by atoms with E-state index in [0.29, 0.717) is 0 Å². The van der Waals surface area contributed by atoms with Crippen LogP contribution in [-0.2, 0) is 26.5 Å². The van der Waals surface area contributed by atoms with Crippen molar-refractivity contribution in [1.82, 2.24) is 9.97 Å². The summed E-state index contributed by atoms with van der Waals surface area (Å²) >= 11 is 0. The molecule has 0 spiro atoms. The molecular formula is C35H34IrN2OSi-2. The van der Waals surface area contributed by atoms with Crippen LogP contribution in [0.15, 0.2) is 89.6 Å². The van der Waals surface area contributed by atoms with Gasteiger partial charge in [0.2, 0.25) is 0 Å². The molecule has 205 valence electrons. The number of aromatic nitrogens is 2. The molecule has 0 aliphatic carbocycles. The summed E-state index contributed by atoms with van der Waals surface area (Å²) in [4.78, 5) is 8.97. The van der Waals surface area contributed by atoms with E-state index in [9.17, 15) is 0 Å². The molecule has 3 aromatic heterocycles. The maximum atomic E-state index is 6.30. The molecule has 0 aliphatic rings. The van der Waals surface area contributed by atoms with Crippen LogP contribution in [0.2, 0.25) is 19.6 Å². The Morgan fingerprint density at radius 3 is 2.33 bits per heavy atom. The van der Waals surface area contributed by atoms with Gasteiger partial charge in [-0.1, -0.05) is 79.0 Å². The molecule has 1 radical (unpaired) electrons. The van der Waals surface area contributed by atoms with Crippen LogP contribution in [0.1, 0.15) is 23.6 Å². The Bertz CT molecular complexity index is 1750. The van der Waals surface area contributed by atoms with Gasteiger partial charge in [0.05, 0.1) is 5.58 Å². The zero-order valence-electron chi connectivity index (χ0n) is 23.9. The molecular weight excluding hydrogens is 685 g/mol. The first-order valence-electron chi connectivity index (χ1n) is 13.5. The number of furan rings is 1. The monoisotopic (exact) mass is 719 g/mol. The number of rotatable bonds is 4. The van der Waals surface area contributed by atoms with E-state index in [2.05, 4.69) is 98.9 Å². The topological polar surface area (TPSA) is 38.9 Å². The van der Waals surface area contributed by atoms with Crippen molar-refractivity contribution >= 4 is 35.2 Å². The molecule has 0 aliphatic heterocycles. The number of fused-ring (bicyclic) bond motifs is 3. The molecule has 3 nitrogen and oxygen atoms in total. The van der Waals surface area contributed by atoms with Crippen molar-refractivity contribution in [3.05, 3.63) is 114 Å². The molecule has 0 unspecified atom stereocenters. The third-order valence-corrected chi connectivity index (χ3v) is 9.12. The van der Waals surface area contributed by atoms with Crippen LogP contribution in [0.4, 0.5) is 0 Å². The van der Waals surface area contributed by atoms with Crippen molar-refractivity contribution in [2.75, 3.05) is 0 Å². The average molecular weight is 719 g/mol. The second-order valence-corrected chi connectivity index (χ2v) is 16.0. The summed E-state index contributed by atoms with van der Waals surface area (Å²) in [6.45, 7) is 13.4. The summed E-state index contributed by atoms with van der Waals surface area (Å²) in [5.41, 5.74) is 9.57. The minimum Gasteiger partial charge on any atom is -0.501 e. The molecule has 0 amide bonds. The Hall–Kier alpha value is -3.37. The maximum absolute atomic E-state index is 6.30. The maximum Gasteiger partial charge on any atom is 0.120 e. The van der Waals surface area contributed by atoms with Gasteiger partial charge in [-0.05, 0) is 49.4 Å². The van der Waals surface area contributed by atoms with Crippen LogP contribution < -0.4 is 5.19 Å². The number of nitrogens with zero attached hydrogens (tertiary/aromatic N) is 2. The first kappa shape index (κ1) is 29.6. The second-order valence-electron chi connectivity index (χ2n) is 11.0. The standard InChI is InChI=1S/C22H22NOSi.C13H12N.Ir/c1-5-15-12-13-23-18(14-15)16-10-11-20(25(2,3)4)21-17-8-6-7-9-19(17)24-22(16)21;1-10-8-13(14-9-11(10)2)12-6-4-3-5-7-12;/h6-9,11-14H,5H2,1-4H3;3-6,8-9H,1-2H3;/q2*-1;. The van der Waals surface area contributed by atoms with E-state index in [1.165, 1.54) is 32.6 Å². The van der Waals surface area contributed by atoms with Gasteiger partial charge >= 0.3 is 0 Å². The number of benzene rings is 3. The zero-order valence-corrected chi connectivity index (χ0v) is 27.3. The molecule has 0 bridgehead atoms. The van der Waals surface area contributed by atoms with E-state index in [1.807, 2.05) is 48.8 Å². The molecule has 40 heavy (non-hydrogen) atoms. The van der Waals surface area contributed by atoms with E-state index < -0.39 is 8.07 Å². The summed E-state index contributed by atoms with van der Waals surface area (Å²) in [5.74, 6) is 0. The predicted octanol–water partition coefficient (Wildman–Crippen LogP) is 8.72. The Labute approximate surface area is 252 Å². The molecule has 6 aromatic rings. The van der Waals surface area contributed by atoms with E-state index in [0.717, 1.165) is 40.1 Å². The summed E-state index contributed by atoms with van der Waals surface area (Å²) < 4.78 is 6.30. The van der Waals surface area contributed by atoms with E-state index in [-0.39, 0.29) is 20.1 Å². The first-order valence-corrected chi connectivity index (χ1v) is 17.0. The normalized spacial score (nSPS) is 11.2. The van der Waals surface area contributed by atoms with Crippen LogP contribution in [0, 0.1) is 26.0 Å². The predicted molar refractivity (Wildman–Crippen MR) is 166 cm³/mol. The van der Waals surface area contributed by atoms with Crippen molar-refractivity contribution < 1.29 is 24.5 Å². The molecule has 0 saturated carbocycles. The van der Waals surface area contributed by atoms with Crippen molar-refractivity contribution in [3.8, 4) is 22.5 Å². The van der Waals surface area contributed by atoms with Crippen LogP contribution in [0.25, 0.3) is 44.5 Å². The van der Waals surface area contributed by atoms with Gasteiger partial charge in [0.1, 0.15) is 5.58 Å². The largest absolute Gasteiger partial charge is 0.501 e. The molecule has 0 atom stereocenters. The zero-order chi connectivity index (χ0) is 27.6. The van der Waals surface area contributed by atoms with Crippen molar-refractivity contribution in [1.29, 1.82) is 0 Å². The molecule has 3 aromatic carbocycles. The summed E-state index contributed by atoms with van der Waals surface area (Å²) in [7, 11) is -1.53. The molecule has 0 N–H and O–H groups in total. The molecule has 3 heterocycles. The van der Waals surface area contributed by atoms with Crippen LogP contribution >= 0.6 is 0 Å². The number of pyridine rings is 2. The Morgan fingerprint density at radius 1 is 0.850 bits per heavy atom. The van der Waals surface area contributed by atoms with E-state index >= 15 is 0 Å². The van der Waals surface area contributed by atoms with Gasteiger partial charge in [0, 0.05) is 46.0 Å². The number of aryl methyl sites for hydroxylation is 3. The third kappa shape index (κ3) is 6.18. The minimum absolute atomic E-state index is 0.